The molecule has 0 aliphatic carbocycles. The van der Waals surface area contributed by atoms with Crippen LogP contribution in [0.2, 0.25) is 0 Å². The number of carboxylic acid groups (broad SMARTS) is 1. The maximum absolute atomic E-state index is 10.8. The van der Waals surface area contributed by atoms with Gasteiger partial charge in [0.25, 0.3) is 0 Å². The fourth-order valence-corrected chi connectivity index (χ4v) is 3.32. The molecular weight excluding hydrogens is 250 g/mol. The number of nitrogens with one attached hydrogen (secondary N) is 1. The summed E-state index contributed by atoms with van der Waals surface area (Å²) in [5.41, 5.74) is 0. The summed E-state index contributed by atoms with van der Waals surface area (Å²) in [5.74, 6) is -0.571. The Labute approximate surface area is 102 Å². The first-order chi connectivity index (χ1) is 8.04. The number of aliphatic carboxylic acids is 1. The van der Waals surface area contributed by atoms with Gasteiger partial charge in [-0.1, -0.05) is 0 Å². The average Bonchev–Trinajstić information content (AvgIpc) is 2.87. The molecule has 2 aliphatic heterocycles. The van der Waals surface area contributed by atoms with Gasteiger partial charge in [-0.25, -0.2) is 0 Å². The summed E-state index contributed by atoms with van der Waals surface area (Å²) in [7, 11) is 0. The van der Waals surface area contributed by atoms with E-state index in [-0.39, 0.29) is 6.61 Å². The second-order valence-electron chi connectivity index (χ2n) is 4.11. The van der Waals surface area contributed by atoms with Crippen LogP contribution < -0.4 is 5.32 Å². The van der Waals surface area contributed by atoms with Crippen molar-refractivity contribution in [1.82, 2.24) is 5.32 Å². The van der Waals surface area contributed by atoms with Crippen LogP contribution in [-0.4, -0.2) is 74.6 Å². The van der Waals surface area contributed by atoms with Crippen molar-refractivity contribution in [3.05, 3.63) is 0 Å². The number of aliphatic hydroxyl groups is 3. The summed E-state index contributed by atoms with van der Waals surface area (Å²) >= 11 is 1.32. The number of rotatable bonds is 3. The molecule has 2 aliphatic rings. The van der Waals surface area contributed by atoms with Crippen molar-refractivity contribution >= 4 is 17.7 Å². The van der Waals surface area contributed by atoms with E-state index in [1.165, 1.54) is 11.8 Å². The van der Waals surface area contributed by atoms with Crippen LogP contribution >= 0.6 is 11.8 Å². The molecule has 0 spiro atoms. The molecule has 0 radical (unpaired) electrons. The molecule has 2 unspecified atom stereocenters. The van der Waals surface area contributed by atoms with Crippen molar-refractivity contribution in [2.24, 2.45) is 0 Å². The summed E-state index contributed by atoms with van der Waals surface area (Å²) < 4.78 is 5.32. The molecule has 2 heterocycles. The Kier molecular flexibility index (Phi) is 3.91. The normalized spacial score (nSPS) is 46.3. The van der Waals surface area contributed by atoms with Crippen LogP contribution in [0.1, 0.15) is 0 Å². The summed E-state index contributed by atoms with van der Waals surface area (Å²) in [6, 6.07) is -0.675. The Morgan fingerprint density at radius 1 is 1.41 bits per heavy atom. The van der Waals surface area contributed by atoms with E-state index < -0.39 is 41.8 Å². The minimum absolute atomic E-state index is 0.380. The first-order valence-electron chi connectivity index (χ1n) is 5.27. The Balaban J connectivity index is 1.98. The highest BCUT2D eigenvalue weighted by molar-refractivity contribution is 8.00. The minimum atomic E-state index is -1.14. The predicted octanol–water partition coefficient (Wildman–Crippen LogP) is -2.42. The lowest BCUT2D eigenvalue weighted by atomic mass is 10.1. The van der Waals surface area contributed by atoms with Gasteiger partial charge < -0.3 is 25.2 Å². The topological polar surface area (TPSA) is 119 Å². The Morgan fingerprint density at radius 3 is 2.59 bits per heavy atom. The summed E-state index contributed by atoms with van der Waals surface area (Å²) in [4.78, 5) is 10.8. The average molecular weight is 265 g/mol. The molecule has 17 heavy (non-hydrogen) atoms. The van der Waals surface area contributed by atoms with Crippen LogP contribution in [0.5, 0.6) is 0 Å². The van der Waals surface area contributed by atoms with Crippen molar-refractivity contribution in [3.63, 3.8) is 0 Å². The zero-order chi connectivity index (χ0) is 12.6. The molecule has 0 aromatic rings. The minimum Gasteiger partial charge on any atom is -0.480 e. The molecule has 2 saturated heterocycles. The number of aliphatic hydroxyl groups excluding tert-OH is 3. The first kappa shape index (κ1) is 13.1. The third kappa shape index (κ3) is 2.42. The second kappa shape index (κ2) is 5.09. The van der Waals surface area contributed by atoms with Gasteiger partial charge in [0, 0.05) is 5.75 Å². The van der Waals surface area contributed by atoms with Gasteiger partial charge in [0.1, 0.15) is 30.5 Å². The predicted molar refractivity (Wildman–Crippen MR) is 58.6 cm³/mol. The van der Waals surface area contributed by atoms with Crippen LogP contribution in [0.25, 0.3) is 0 Å². The molecule has 0 bridgehead atoms. The Morgan fingerprint density at radius 2 is 2.12 bits per heavy atom. The molecular formula is C9H15NO6S. The van der Waals surface area contributed by atoms with E-state index in [1.54, 1.807) is 0 Å². The molecule has 0 saturated carbocycles. The zero-order valence-electron chi connectivity index (χ0n) is 8.89. The lowest BCUT2D eigenvalue weighted by molar-refractivity contribution is -0.138. The van der Waals surface area contributed by atoms with Crippen molar-refractivity contribution < 1.29 is 30.0 Å². The van der Waals surface area contributed by atoms with E-state index in [4.69, 9.17) is 14.9 Å². The molecule has 0 amide bonds. The SMILES string of the molecule is O=C(O)C1CSC([C@@H]2O[C@H](CO)[C@@H](O)[C@H]2O)N1. The van der Waals surface area contributed by atoms with Crippen LogP contribution in [0, 0.1) is 0 Å². The number of carbonyl (C=O) groups is 1. The van der Waals surface area contributed by atoms with Gasteiger partial charge in [-0.05, 0) is 0 Å². The highest BCUT2D eigenvalue weighted by Crippen LogP contribution is 2.31. The molecule has 2 fully saturated rings. The molecule has 98 valence electrons. The van der Waals surface area contributed by atoms with Crippen LogP contribution in [0.15, 0.2) is 0 Å². The van der Waals surface area contributed by atoms with E-state index in [0.717, 1.165) is 0 Å². The molecule has 0 aromatic carbocycles. The monoisotopic (exact) mass is 265 g/mol. The van der Waals surface area contributed by atoms with Crippen LogP contribution in [-0.2, 0) is 9.53 Å². The highest BCUT2D eigenvalue weighted by atomic mass is 32.2. The largest absolute Gasteiger partial charge is 0.480 e. The van der Waals surface area contributed by atoms with Gasteiger partial charge in [-0.15, -0.1) is 11.8 Å². The fourth-order valence-electron chi connectivity index (χ4n) is 2.01. The van der Waals surface area contributed by atoms with E-state index in [2.05, 4.69) is 5.32 Å². The van der Waals surface area contributed by atoms with Gasteiger partial charge in [-0.2, -0.15) is 0 Å². The maximum Gasteiger partial charge on any atom is 0.321 e. The standard InChI is InChI=1S/C9H15NO6S/c11-1-4-5(12)6(13)7(16-4)8-10-3(2-17-8)9(14)15/h3-8,10-13H,1-2H2,(H,14,15)/t3?,4-,5-,6-,7-,8?/m1/s1. The van der Waals surface area contributed by atoms with Crippen LogP contribution in [0.3, 0.4) is 0 Å². The number of carboxylic acids is 1. The summed E-state index contributed by atoms with van der Waals surface area (Å²) in [5, 5.41) is 39.5. The molecule has 8 heteroatoms. The lowest BCUT2D eigenvalue weighted by Crippen LogP contribution is -2.46. The Bertz CT molecular complexity index is 303. The van der Waals surface area contributed by atoms with Crippen molar-refractivity contribution in [2.75, 3.05) is 12.4 Å². The van der Waals surface area contributed by atoms with Gasteiger partial charge in [-0.3, -0.25) is 10.1 Å². The van der Waals surface area contributed by atoms with Gasteiger partial charge in [0.05, 0.1) is 12.0 Å². The van der Waals surface area contributed by atoms with Crippen molar-refractivity contribution in [3.8, 4) is 0 Å². The van der Waals surface area contributed by atoms with Gasteiger partial charge in [0.2, 0.25) is 0 Å². The third-order valence-corrected chi connectivity index (χ3v) is 4.27. The number of thioether (sulfide) groups is 1. The van der Waals surface area contributed by atoms with E-state index in [9.17, 15) is 15.0 Å². The number of ether oxygens (including phenoxy) is 1. The molecule has 0 aromatic heterocycles. The first-order valence-corrected chi connectivity index (χ1v) is 6.32. The number of hydrogen-bond acceptors (Lipinski definition) is 7. The van der Waals surface area contributed by atoms with Crippen LogP contribution in [0.4, 0.5) is 0 Å². The quantitative estimate of drug-likeness (QED) is 0.382. The molecule has 7 nitrogen and oxygen atoms in total. The fraction of sp³-hybridized carbons (Fsp3) is 0.889. The maximum atomic E-state index is 10.8. The van der Waals surface area contributed by atoms with Crippen molar-refractivity contribution in [1.29, 1.82) is 0 Å². The Hall–Kier alpha value is -0.380. The summed E-state index contributed by atoms with van der Waals surface area (Å²) in [6.45, 7) is -0.380. The molecule has 2 rings (SSSR count). The zero-order valence-corrected chi connectivity index (χ0v) is 9.71. The van der Waals surface area contributed by atoms with Gasteiger partial charge >= 0.3 is 5.97 Å². The van der Waals surface area contributed by atoms with E-state index in [0.29, 0.717) is 5.75 Å². The van der Waals surface area contributed by atoms with E-state index >= 15 is 0 Å². The molecule has 6 atom stereocenters. The second-order valence-corrected chi connectivity index (χ2v) is 5.29. The third-order valence-electron chi connectivity index (χ3n) is 2.98. The summed E-state index contributed by atoms with van der Waals surface area (Å²) in [6.07, 6.45) is -3.79. The smallest absolute Gasteiger partial charge is 0.321 e. The lowest BCUT2D eigenvalue weighted by Gasteiger charge is -2.21. The van der Waals surface area contributed by atoms with E-state index in [1.807, 2.05) is 0 Å². The number of hydrogen-bond donors (Lipinski definition) is 5. The van der Waals surface area contributed by atoms with Gasteiger partial charge in [0.15, 0.2) is 0 Å². The molecule has 5 N–H and O–H groups in total. The highest BCUT2D eigenvalue weighted by Gasteiger charge is 2.48. The van der Waals surface area contributed by atoms with Crippen molar-refractivity contribution in [2.45, 2.75) is 35.8 Å².